The van der Waals surface area contributed by atoms with E-state index >= 15 is 0 Å². The first-order chi connectivity index (χ1) is 31.4. The van der Waals surface area contributed by atoms with Crippen LogP contribution in [0.4, 0.5) is 0 Å². The zero-order valence-corrected chi connectivity index (χ0v) is 37.6. The number of amides is 7. The second-order valence-corrected chi connectivity index (χ2v) is 18.5. The number of benzene rings is 4. The molecule has 65 heavy (non-hydrogen) atoms. The van der Waals surface area contributed by atoms with Crippen LogP contribution in [0.1, 0.15) is 42.9 Å². The van der Waals surface area contributed by atoms with E-state index in [4.69, 9.17) is 11.5 Å². The third-order valence-corrected chi connectivity index (χ3v) is 13.5. The maximum Gasteiger partial charge on any atom is 0.244 e. The summed E-state index contributed by atoms with van der Waals surface area (Å²) in [5.74, 6) is -4.73. The van der Waals surface area contributed by atoms with Gasteiger partial charge in [-0.25, -0.2) is 0 Å². The van der Waals surface area contributed by atoms with Crippen molar-refractivity contribution in [3.8, 4) is 0 Å². The molecule has 0 unspecified atom stereocenters. The first-order valence-electron chi connectivity index (χ1n) is 21.5. The molecule has 0 bridgehead atoms. The molecule has 11 N–H and O–H groups in total. The summed E-state index contributed by atoms with van der Waals surface area (Å²) in [5, 5.41) is 19.4. The SMILES string of the molecule is CC(=O)N[C@@H]1CSSC[C@H](C(N)=O)NC(=O)[C@H](Cc2cccc3ccccc23)NC(=O)[C@@H](CCCCN)NC(=O)[C@H](Cc2c[nH]c3ccccc23)NC(=O)[C@@H](Cc2ccccc2)NC1=O. The van der Waals surface area contributed by atoms with Crippen molar-refractivity contribution < 1.29 is 33.6 Å². The lowest BCUT2D eigenvalue weighted by atomic mass is 9.97. The van der Waals surface area contributed by atoms with E-state index in [1.165, 1.54) is 6.92 Å². The minimum Gasteiger partial charge on any atom is -0.368 e. The van der Waals surface area contributed by atoms with Gasteiger partial charge in [0, 0.05) is 54.8 Å². The van der Waals surface area contributed by atoms with E-state index in [2.05, 4.69) is 36.9 Å². The second-order valence-electron chi connectivity index (χ2n) is 15.9. The monoisotopic (exact) mass is 921 g/mol. The Hall–Kier alpha value is -6.37. The molecule has 18 heteroatoms. The number of fused-ring (bicyclic) bond motifs is 2. The molecular formula is C47H55N9O7S2. The topological polar surface area (TPSA) is 260 Å². The highest BCUT2D eigenvalue weighted by Gasteiger charge is 2.34. The summed E-state index contributed by atoms with van der Waals surface area (Å²) in [6.45, 7) is 1.59. The quantitative estimate of drug-likeness (QED) is 0.0652. The highest BCUT2D eigenvalue weighted by Crippen LogP contribution is 2.25. The standard InChI is InChI=1S/C47H55N9O7S2/c1-28(57)51-41-27-65-64-26-40(42(49)58)56-46(62)38(23-31-16-11-15-30-14-5-6-17-33(30)31)54-43(59)36(20-9-10-21-48)52-45(61)39(24-32-25-50-35-19-8-7-18-34(32)35)55-44(60)37(53-47(41)63)22-29-12-3-2-4-13-29/h2-8,11-19,25,36-41,50H,9-10,20-24,26-27,48H2,1H3,(H2,49,58)(H,51,57)(H,52,61)(H,53,63)(H,54,59)(H,55,60)(H,56,62)/t36-,37-,38+,39+,40-,41-/m1/s1. The summed E-state index contributed by atoms with van der Waals surface area (Å²) in [5.41, 5.74) is 14.6. The smallest absolute Gasteiger partial charge is 0.244 e. The van der Waals surface area contributed by atoms with Crippen LogP contribution in [0.5, 0.6) is 0 Å². The molecule has 16 nitrogen and oxygen atoms in total. The average molecular weight is 922 g/mol. The van der Waals surface area contributed by atoms with Crippen LogP contribution in [0, 0.1) is 0 Å². The van der Waals surface area contributed by atoms with Crippen LogP contribution in [-0.2, 0) is 52.8 Å². The van der Waals surface area contributed by atoms with Crippen LogP contribution in [0.15, 0.2) is 103 Å². The van der Waals surface area contributed by atoms with Crippen LogP contribution >= 0.6 is 21.6 Å². The van der Waals surface area contributed by atoms with Gasteiger partial charge >= 0.3 is 0 Å². The summed E-state index contributed by atoms with van der Waals surface area (Å²) < 4.78 is 0. The molecule has 0 saturated carbocycles. The Morgan fingerprint density at radius 3 is 1.89 bits per heavy atom. The van der Waals surface area contributed by atoms with Gasteiger partial charge in [-0.1, -0.05) is 113 Å². The van der Waals surface area contributed by atoms with E-state index in [-0.39, 0.29) is 37.2 Å². The number of carbonyl (C=O) groups excluding carboxylic acids is 7. The first-order valence-corrected chi connectivity index (χ1v) is 24.0. The van der Waals surface area contributed by atoms with Gasteiger partial charge in [-0.05, 0) is 59.3 Å². The van der Waals surface area contributed by atoms with Gasteiger partial charge in [0.2, 0.25) is 41.4 Å². The normalized spacial score (nSPS) is 21.9. The zero-order valence-electron chi connectivity index (χ0n) is 36.0. The lowest BCUT2D eigenvalue weighted by Crippen LogP contribution is -2.60. The minimum absolute atomic E-state index is 0.00604. The van der Waals surface area contributed by atoms with Gasteiger partial charge in [-0.2, -0.15) is 0 Å². The number of hydrogen-bond donors (Lipinski definition) is 9. The number of rotatable bonds is 12. The fourth-order valence-electron chi connectivity index (χ4n) is 7.67. The fraction of sp³-hybridized carbons (Fsp3) is 0.340. The molecule has 0 radical (unpaired) electrons. The number of unbranched alkanes of at least 4 members (excludes halogenated alkanes) is 1. The molecule has 6 atom stereocenters. The molecule has 1 fully saturated rings. The molecular weight excluding hydrogens is 867 g/mol. The van der Waals surface area contributed by atoms with Crippen LogP contribution in [0.25, 0.3) is 21.7 Å². The van der Waals surface area contributed by atoms with Crippen LogP contribution in [0.3, 0.4) is 0 Å². The number of primary amides is 1. The van der Waals surface area contributed by atoms with E-state index < -0.39 is 77.6 Å². The Kier molecular flexibility index (Phi) is 17.4. The van der Waals surface area contributed by atoms with Gasteiger partial charge in [0.05, 0.1) is 0 Å². The third-order valence-electron chi connectivity index (χ3n) is 11.1. The maximum absolute atomic E-state index is 14.7. The molecule has 0 spiro atoms. The molecule has 1 aliphatic rings. The summed E-state index contributed by atoms with van der Waals surface area (Å²) in [7, 11) is 2.29. The van der Waals surface area contributed by atoms with Crippen molar-refractivity contribution in [2.75, 3.05) is 18.1 Å². The van der Waals surface area contributed by atoms with E-state index in [1.807, 2.05) is 72.8 Å². The van der Waals surface area contributed by atoms with Gasteiger partial charge < -0.3 is 48.4 Å². The molecule has 0 aliphatic carbocycles. The third kappa shape index (κ3) is 13.6. The zero-order chi connectivity index (χ0) is 46.3. The van der Waals surface area contributed by atoms with Crippen molar-refractivity contribution in [2.24, 2.45) is 11.5 Å². The predicted octanol–water partition coefficient (Wildman–Crippen LogP) is 2.29. The number of para-hydroxylation sites is 1. The molecule has 4 aromatic carbocycles. The molecule has 1 aliphatic heterocycles. The largest absolute Gasteiger partial charge is 0.368 e. The van der Waals surface area contributed by atoms with E-state index in [0.717, 1.165) is 54.4 Å². The number of nitrogens with two attached hydrogens (primary N) is 2. The van der Waals surface area contributed by atoms with Crippen LogP contribution < -0.4 is 43.4 Å². The average Bonchev–Trinajstić information content (AvgIpc) is 3.70. The van der Waals surface area contributed by atoms with E-state index in [1.54, 1.807) is 30.5 Å². The van der Waals surface area contributed by atoms with E-state index in [0.29, 0.717) is 24.9 Å². The molecule has 1 saturated heterocycles. The summed E-state index contributed by atoms with van der Waals surface area (Å²) in [6, 6.07) is 22.5. The van der Waals surface area contributed by atoms with Gasteiger partial charge in [0.1, 0.15) is 36.3 Å². The fourth-order valence-corrected chi connectivity index (χ4v) is 10.0. The highest BCUT2D eigenvalue weighted by atomic mass is 33.1. The Labute approximate surface area is 384 Å². The molecule has 342 valence electrons. The van der Waals surface area contributed by atoms with E-state index in [9.17, 15) is 33.6 Å². The van der Waals surface area contributed by atoms with Crippen molar-refractivity contribution >= 4 is 84.6 Å². The first kappa shape index (κ1) is 48.1. The molecule has 6 rings (SSSR count). The maximum atomic E-state index is 14.7. The van der Waals surface area contributed by atoms with Gasteiger partial charge in [0.15, 0.2) is 0 Å². The van der Waals surface area contributed by atoms with Crippen molar-refractivity contribution in [3.63, 3.8) is 0 Å². The summed E-state index contributed by atoms with van der Waals surface area (Å²) in [4.78, 5) is 100. The minimum atomic E-state index is -1.27. The van der Waals surface area contributed by atoms with Crippen molar-refractivity contribution in [2.45, 2.75) is 81.7 Å². The van der Waals surface area contributed by atoms with Gasteiger partial charge in [-0.15, -0.1) is 0 Å². The lowest BCUT2D eigenvalue weighted by molar-refractivity contribution is -0.135. The summed E-state index contributed by atoms with van der Waals surface area (Å²) in [6.07, 6.45) is 2.91. The summed E-state index contributed by atoms with van der Waals surface area (Å²) >= 11 is 0. The number of aromatic amines is 1. The molecule has 1 aromatic heterocycles. The molecule has 7 amide bonds. The molecule has 2 heterocycles. The Bertz CT molecular complexity index is 2480. The van der Waals surface area contributed by atoms with Crippen LogP contribution in [0.2, 0.25) is 0 Å². The number of H-pyrrole nitrogens is 1. The second kappa shape index (κ2) is 23.5. The lowest BCUT2D eigenvalue weighted by Gasteiger charge is -2.28. The number of hydrogen-bond acceptors (Lipinski definition) is 10. The van der Waals surface area contributed by atoms with Crippen molar-refractivity contribution in [1.82, 2.24) is 36.9 Å². The highest BCUT2D eigenvalue weighted by molar-refractivity contribution is 8.76. The van der Waals surface area contributed by atoms with Crippen molar-refractivity contribution in [1.29, 1.82) is 0 Å². The number of aromatic nitrogens is 1. The van der Waals surface area contributed by atoms with Gasteiger partial charge in [-0.3, -0.25) is 33.6 Å². The Morgan fingerprint density at radius 2 is 1.18 bits per heavy atom. The van der Waals surface area contributed by atoms with Crippen molar-refractivity contribution in [3.05, 3.63) is 120 Å². The Balaban J connectivity index is 1.40. The molecule has 5 aromatic rings. The Morgan fingerprint density at radius 1 is 0.615 bits per heavy atom. The predicted molar refractivity (Wildman–Crippen MR) is 254 cm³/mol. The number of carbonyl (C=O) groups is 7. The number of nitrogens with one attached hydrogen (secondary N) is 7. The van der Waals surface area contributed by atoms with Crippen LogP contribution in [-0.4, -0.2) is 101 Å². The van der Waals surface area contributed by atoms with Gasteiger partial charge in [0.25, 0.3) is 0 Å².